The van der Waals surface area contributed by atoms with E-state index in [9.17, 15) is 22.7 Å². The number of hydrogen-bond donors (Lipinski definition) is 2. The molecule has 1 aliphatic carbocycles. The van der Waals surface area contributed by atoms with Crippen LogP contribution in [0.5, 0.6) is 0 Å². The molecule has 23 heavy (non-hydrogen) atoms. The van der Waals surface area contributed by atoms with Gasteiger partial charge in [0.2, 0.25) is 0 Å². The Morgan fingerprint density at radius 2 is 1.91 bits per heavy atom. The fourth-order valence-electron chi connectivity index (χ4n) is 2.99. The first-order chi connectivity index (χ1) is 10.7. The van der Waals surface area contributed by atoms with Crippen LogP contribution in [0.2, 0.25) is 0 Å². The molecule has 1 N–H and O–H groups in total. The van der Waals surface area contributed by atoms with Gasteiger partial charge in [-0.1, -0.05) is 12.1 Å². The standard InChI is InChI=1S/C14H13F4N3OS/c15-10-3-1-9(2-4-10)13(22,6-21-8-19-7-20-21)12(5-11(12)23)14(16,17)18/h1-4,7-8,11,22-23H,5-6H2. The second-order valence-corrected chi connectivity index (χ2v) is 6.27. The van der Waals surface area contributed by atoms with Crippen molar-refractivity contribution < 1.29 is 22.7 Å². The molecular weight excluding hydrogens is 334 g/mol. The van der Waals surface area contributed by atoms with Crippen molar-refractivity contribution in [2.75, 3.05) is 0 Å². The van der Waals surface area contributed by atoms with Crippen LogP contribution in [-0.4, -0.2) is 31.3 Å². The first-order valence-corrected chi connectivity index (χ1v) is 7.28. The molecule has 1 heterocycles. The highest BCUT2D eigenvalue weighted by Crippen LogP contribution is 2.69. The van der Waals surface area contributed by atoms with E-state index in [1.807, 2.05) is 0 Å². The second-order valence-electron chi connectivity index (χ2n) is 5.65. The summed E-state index contributed by atoms with van der Waals surface area (Å²) in [6.07, 6.45) is -2.63. The molecule has 3 rings (SSSR count). The van der Waals surface area contributed by atoms with Crippen LogP contribution >= 0.6 is 12.6 Å². The predicted octanol–water partition coefficient (Wildman–Crippen LogP) is 2.56. The monoisotopic (exact) mass is 347 g/mol. The van der Waals surface area contributed by atoms with E-state index in [4.69, 9.17) is 0 Å². The first-order valence-electron chi connectivity index (χ1n) is 6.76. The number of thiol groups is 1. The molecule has 0 amide bonds. The molecule has 1 fully saturated rings. The Bertz CT molecular complexity index is 691. The SMILES string of the molecule is OC(Cn1cncn1)(c1ccc(F)cc1)C1(C(F)(F)F)CC1S. The zero-order valence-corrected chi connectivity index (χ0v) is 12.6. The summed E-state index contributed by atoms with van der Waals surface area (Å²) in [4.78, 5) is 3.68. The summed E-state index contributed by atoms with van der Waals surface area (Å²) >= 11 is 3.97. The van der Waals surface area contributed by atoms with E-state index in [2.05, 4.69) is 22.7 Å². The zero-order chi connectivity index (χ0) is 16.9. The molecule has 1 aromatic carbocycles. The van der Waals surface area contributed by atoms with Crippen molar-refractivity contribution in [1.82, 2.24) is 14.8 Å². The summed E-state index contributed by atoms with van der Waals surface area (Å²) in [5.41, 5.74) is -4.80. The van der Waals surface area contributed by atoms with Gasteiger partial charge in [0.25, 0.3) is 0 Å². The lowest BCUT2D eigenvalue weighted by molar-refractivity contribution is -0.249. The van der Waals surface area contributed by atoms with Crippen molar-refractivity contribution in [3.05, 3.63) is 48.3 Å². The minimum atomic E-state index is -4.68. The van der Waals surface area contributed by atoms with Gasteiger partial charge in [-0.15, -0.1) is 0 Å². The first kappa shape index (κ1) is 16.3. The van der Waals surface area contributed by atoms with E-state index in [1.54, 1.807) is 0 Å². The van der Waals surface area contributed by atoms with Crippen LogP contribution in [0, 0.1) is 11.2 Å². The normalized spacial score (nSPS) is 26.8. The molecule has 0 aliphatic heterocycles. The fourth-order valence-corrected chi connectivity index (χ4v) is 3.64. The number of alkyl halides is 3. The highest BCUT2D eigenvalue weighted by molar-refractivity contribution is 7.81. The molecule has 0 spiro atoms. The van der Waals surface area contributed by atoms with Crippen molar-refractivity contribution >= 4 is 12.6 Å². The number of benzene rings is 1. The van der Waals surface area contributed by atoms with E-state index in [0.29, 0.717) is 0 Å². The molecule has 4 nitrogen and oxygen atoms in total. The summed E-state index contributed by atoms with van der Waals surface area (Å²) in [5.74, 6) is -0.601. The Balaban J connectivity index is 2.12. The fraction of sp³-hybridized carbons (Fsp3) is 0.429. The van der Waals surface area contributed by atoms with E-state index in [-0.39, 0.29) is 12.0 Å². The van der Waals surface area contributed by atoms with Gasteiger partial charge in [0.05, 0.1) is 6.54 Å². The number of aromatic nitrogens is 3. The lowest BCUT2D eigenvalue weighted by Crippen LogP contribution is -2.50. The molecule has 2 aromatic rings. The van der Waals surface area contributed by atoms with Gasteiger partial charge < -0.3 is 5.11 Å². The molecule has 1 aliphatic rings. The predicted molar refractivity (Wildman–Crippen MR) is 76.2 cm³/mol. The number of aliphatic hydroxyl groups is 1. The van der Waals surface area contributed by atoms with Crippen molar-refractivity contribution in [1.29, 1.82) is 0 Å². The second kappa shape index (κ2) is 5.20. The molecule has 9 heteroatoms. The minimum absolute atomic E-state index is 0.0386. The number of nitrogens with zero attached hydrogens (tertiary/aromatic N) is 3. The maximum atomic E-state index is 13.7. The molecule has 1 aromatic heterocycles. The third-order valence-corrected chi connectivity index (χ3v) is 4.97. The zero-order valence-electron chi connectivity index (χ0n) is 11.7. The topological polar surface area (TPSA) is 50.9 Å². The Labute approximate surface area is 134 Å². The summed E-state index contributed by atoms with van der Waals surface area (Å²) < 4.78 is 55.4. The summed E-state index contributed by atoms with van der Waals surface area (Å²) in [5, 5.41) is 13.8. The Morgan fingerprint density at radius 1 is 1.30 bits per heavy atom. The van der Waals surface area contributed by atoms with Crippen molar-refractivity contribution in [2.45, 2.75) is 30.0 Å². The Kier molecular flexibility index (Phi) is 3.68. The van der Waals surface area contributed by atoms with Crippen LogP contribution in [0.15, 0.2) is 36.9 Å². The average Bonchev–Trinajstić information content (AvgIpc) is 2.93. The van der Waals surface area contributed by atoms with Gasteiger partial charge in [-0.05, 0) is 24.1 Å². The molecule has 1 saturated carbocycles. The molecule has 3 unspecified atom stereocenters. The maximum Gasteiger partial charge on any atom is 0.398 e. The van der Waals surface area contributed by atoms with Gasteiger partial charge in [0.15, 0.2) is 0 Å². The van der Waals surface area contributed by atoms with Gasteiger partial charge >= 0.3 is 6.18 Å². The van der Waals surface area contributed by atoms with E-state index < -0.39 is 34.8 Å². The molecular formula is C14H13F4N3OS. The van der Waals surface area contributed by atoms with Crippen molar-refractivity contribution in [3.63, 3.8) is 0 Å². The lowest BCUT2D eigenvalue weighted by Gasteiger charge is -2.38. The highest BCUT2D eigenvalue weighted by atomic mass is 32.1. The maximum absolute atomic E-state index is 13.7. The summed E-state index contributed by atoms with van der Waals surface area (Å²) in [7, 11) is 0. The quantitative estimate of drug-likeness (QED) is 0.660. The summed E-state index contributed by atoms with van der Waals surface area (Å²) in [6, 6.07) is 4.33. The van der Waals surface area contributed by atoms with Crippen molar-refractivity contribution in [3.8, 4) is 0 Å². The van der Waals surface area contributed by atoms with Crippen molar-refractivity contribution in [2.24, 2.45) is 5.41 Å². The third-order valence-electron chi connectivity index (χ3n) is 4.35. The van der Waals surface area contributed by atoms with Gasteiger partial charge in [0, 0.05) is 5.25 Å². The Morgan fingerprint density at radius 3 is 2.35 bits per heavy atom. The highest BCUT2D eigenvalue weighted by Gasteiger charge is 2.79. The third kappa shape index (κ3) is 2.42. The molecule has 0 radical (unpaired) electrons. The van der Waals surface area contributed by atoms with Crippen LogP contribution in [0.1, 0.15) is 12.0 Å². The van der Waals surface area contributed by atoms with E-state index >= 15 is 0 Å². The average molecular weight is 347 g/mol. The van der Waals surface area contributed by atoms with Crippen LogP contribution in [-0.2, 0) is 12.1 Å². The van der Waals surface area contributed by atoms with E-state index in [1.165, 1.54) is 6.33 Å². The van der Waals surface area contributed by atoms with Crippen LogP contribution in [0.25, 0.3) is 0 Å². The lowest BCUT2D eigenvalue weighted by atomic mass is 9.77. The van der Waals surface area contributed by atoms with Gasteiger partial charge in [0.1, 0.15) is 29.5 Å². The smallest absolute Gasteiger partial charge is 0.382 e. The molecule has 0 saturated heterocycles. The van der Waals surface area contributed by atoms with Crippen LogP contribution in [0.4, 0.5) is 17.6 Å². The molecule has 0 bridgehead atoms. The number of hydrogen-bond acceptors (Lipinski definition) is 4. The largest absolute Gasteiger partial charge is 0.398 e. The van der Waals surface area contributed by atoms with Crippen LogP contribution in [0.3, 0.4) is 0 Å². The van der Waals surface area contributed by atoms with E-state index in [0.717, 1.165) is 35.3 Å². The molecule has 3 atom stereocenters. The van der Waals surface area contributed by atoms with Gasteiger partial charge in [-0.2, -0.15) is 30.9 Å². The Hall–Kier alpha value is -1.61. The number of halogens is 4. The van der Waals surface area contributed by atoms with Gasteiger partial charge in [-0.25, -0.2) is 14.1 Å². The van der Waals surface area contributed by atoms with Crippen LogP contribution < -0.4 is 0 Å². The van der Waals surface area contributed by atoms with Gasteiger partial charge in [-0.3, -0.25) is 0 Å². The molecule has 124 valence electrons. The summed E-state index contributed by atoms with van der Waals surface area (Å²) in [6.45, 7) is -0.463. The minimum Gasteiger partial charge on any atom is -0.382 e. The number of rotatable bonds is 4.